The van der Waals surface area contributed by atoms with Crippen LogP contribution in [0, 0.1) is 0 Å². The highest BCUT2D eigenvalue weighted by Crippen LogP contribution is 2.65. The summed E-state index contributed by atoms with van der Waals surface area (Å²) in [5, 5.41) is 4.22. The maximum atomic E-state index is 6.46. The van der Waals surface area contributed by atoms with E-state index in [9.17, 15) is 0 Å². The predicted octanol–water partition coefficient (Wildman–Crippen LogP) is 3.01. The number of hydrogen-bond acceptors (Lipinski definition) is 5. The standard InChI is InChI=1S/C18H21N3O2/c19-18(7-3-4-8-18)16-20-15(23-21-16)13-11-17(13)9-10-22-14-6-2-1-5-12(14)17/h1-2,5-6,13H,3-4,7-11,19H2. The summed E-state index contributed by atoms with van der Waals surface area (Å²) in [5.74, 6) is 2.77. The number of ether oxygens (including phenoxy) is 1. The van der Waals surface area contributed by atoms with Gasteiger partial charge in [-0.15, -0.1) is 0 Å². The summed E-state index contributed by atoms with van der Waals surface area (Å²) in [7, 11) is 0. The normalized spacial score (nSPS) is 30.9. The van der Waals surface area contributed by atoms with E-state index in [0.29, 0.717) is 11.7 Å². The number of hydrogen-bond donors (Lipinski definition) is 1. The molecule has 0 amide bonds. The second-order valence-corrected chi connectivity index (χ2v) is 7.33. The highest BCUT2D eigenvalue weighted by Gasteiger charge is 2.61. The minimum absolute atomic E-state index is 0.121. The van der Waals surface area contributed by atoms with E-state index in [1.807, 2.05) is 6.07 Å². The topological polar surface area (TPSA) is 74.2 Å². The van der Waals surface area contributed by atoms with Gasteiger partial charge in [-0.2, -0.15) is 4.98 Å². The van der Waals surface area contributed by atoms with Gasteiger partial charge in [0.2, 0.25) is 5.89 Å². The first-order valence-corrected chi connectivity index (χ1v) is 8.57. The Balaban J connectivity index is 1.47. The number of aromatic nitrogens is 2. The zero-order valence-electron chi connectivity index (χ0n) is 13.1. The summed E-state index contributed by atoms with van der Waals surface area (Å²) in [4.78, 5) is 4.70. The summed E-state index contributed by atoms with van der Waals surface area (Å²) in [5.41, 5.74) is 7.49. The molecule has 23 heavy (non-hydrogen) atoms. The van der Waals surface area contributed by atoms with Gasteiger partial charge in [-0.05, 0) is 31.7 Å². The van der Waals surface area contributed by atoms with E-state index in [-0.39, 0.29) is 11.0 Å². The number of para-hydroxylation sites is 1. The van der Waals surface area contributed by atoms with E-state index in [1.165, 1.54) is 5.56 Å². The maximum Gasteiger partial charge on any atom is 0.230 e. The molecule has 1 aliphatic heterocycles. The van der Waals surface area contributed by atoms with Gasteiger partial charge in [0.15, 0.2) is 5.82 Å². The van der Waals surface area contributed by atoms with Gasteiger partial charge in [0, 0.05) is 16.9 Å². The van der Waals surface area contributed by atoms with Gasteiger partial charge < -0.3 is 15.0 Å². The van der Waals surface area contributed by atoms with E-state index in [1.54, 1.807) is 0 Å². The molecule has 5 rings (SSSR count). The van der Waals surface area contributed by atoms with Crippen LogP contribution in [-0.4, -0.2) is 16.7 Å². The first-order valence-electron chi connectivity index (χ1n) is 8.57. The fourth-order valence-electron chi connectivity index (χ4n) is 4.49. The molecular weight excluding hydrogens is 290 g/mol. The first-order chi connectivity index (χ1) is 11.2. The molecule has 1 spiro atoms. The van der Waals surface area contributed by atoms with Gasteiger partial charge in [-0.1, -0.05) is 36.2 Å². The molecular formula is C18H21N3O2. The highest BCUT2D eigenvalue weighted by atomic mass is 16.5. The average molecular weight is 311 g/mol. The lowest BCUT2D eigenvalue weighted by atomic mass is 9.87. The van der Waals surface area contributed by atoms with Gasteiger partial charge >= 0.3 is 0 Å². The lowest BCUT2D eigenvalue weighted by Crippen LogP contribution is -2.34. The van der Waals surface area contributed by atoms with Crippen LogP contribution in [-0.2, 0) is 11.0 Å². The summed E-state index contributed by atoms with van der Waals surface area (Å²) < 4.78 is 11.4. The second kappa shape index (κ2) is 4.57. The molecule has 2 fully saturated rings. The summed E-state index contributed by atoms with van der Waals surface area (Å²) in [6.07, 6.45) is 6.29. The number of fused-ring (bicyclic) bond motifs is 2. The van der Waals surface area contributed by atoms with Gasteiger partial charge in [-0.25, -0.2) is 0 Å². The van der Waals surface area contributed by atoms with Crippen molar-refractivity contribution in [3.8, 4) is 5.75 Å². The zero-order chi connectivity index (χ0) is 15.5. The van der Waals surface area contributed by atoms with Gasteiger partial charge in [0.05, 0.1) is 12.1 Å². The summed E-state index contributed by atoms with van der Waals surface area (Å²) in [6.45, 7) is 0.759. The molecule has 120 valence electrons. The lowest BCUT2D eigenvalue weighted by molar-refractivity contribution is 0.253. The molecule has 2 heterocycles. The molecule has 5 heteroatoms. The average Bonchev–Trinajstić information content (AvgIpc) is 2.95. The minimum Gasteiger partial charge on any atom is -0.493 e. The number of benzene rings is 1. The Morgan fingerprint density at radius 3 is 2.83 bits per heavy atom. The maximum absolute atomic E-state index is 6.46. The molecule has 0 radical (unpaired) electrons. The van der Waals surface area contributed by atoms with Gasteiger partial charge in [-0.3, -0.25) is 0 Å². The molecule has 2 aromatic rings. The van der Waals surface area contributed by atoms with Crippen molar-refractivity contribution in [2.45, 2.75) is 55.4 Å². The lowest BCUT2D eigenvalue weighted by Gasteiger charge is -2.26. The van der Waals surface area contributed by atoms with Crippen molar-refractivity contribution in [2.24, 2.45) is 5.73 Å². The number of nitrogens with two attached hydrogens (primary N) is 1. The molecule has 0 bridgehead atoms. The number of nitrogens with zero attached hydrogens (tertiary/aromatic N) is 2. The van der Waals surface area contributed by atoms with Crippen molar-refractivity contribution >= 4 is 0 Å². The van der Waals surface area contributed by atoms with Crippen molar-refractivity contribution < 1.29 is 9.26 Å². The molecule has 1 aromatic heterocycles. The molecule has 1 aromatic carbocycles. The Kier molecular flexibility index (Phi) is 2.69. The fourth-order valence-corrected chi connectivity index (χ4v) is 4.49. The van der Waals surface area contributed by atoms with Crippen molar-refractivity contribution in [1.82, 2.24) is 10.1 Å². The Hall–Kier alpha value is -1.88. The molecule has 0 saturated heterocycles. The van der Waals surface area contributed by atoms with Gasteiger partial charge in [0.1, 0.15) is 5.75 Å². The Labute approximate surface area is 135 Å². The van der Waals surface area contributed by atoms with E-state index < -0.39 is 0 Å². The Morgan fingerprint density at radius 1 is 1.13 bits per heavy atom. The van der Waals surface area contributed by atoms with Crippen LogP contribution in [0.25, 0.3) is 0 Å². The van der Waals surface area contributed by atoms with Crippen LogP contribution < -0.4 is 10.5 Å². The molecule has 5 nitrogen and oxygen atoms in total. The third-order valence-electron chi connectivity index (χ3n) is 5.99. The highest BCUT2D eigenvalue weighted by molar-refractivity contribution is 5.49. The van der Waals surface area contributed by atoms with Crippen LogP contribution in [0.4, 0.5) is 0 Å². The van der Waals surface area contributed by atoms with E-state index in [0.717, 1.165) is 56.8 Å². The van der Waals surface area contributed by atoms with Gasteiger partial charge in [0.25, 0.3) is 0 Å². The first kappa shape index (κ1) is 13.5. The SMILES string of the molecule is NC1(c2noc(C3CC34CCOc3ccccc34)n2)CCCC1. The van der Waals surface area contributed by atoms with E-state index in [4.69, 9.17) is 20.0 Å². The summed E-state index contributed by atoms with van der Waals surface area (Å²) >= 11 is 0. The molecule has 2 atom stereocenters. The quantitative estimate of drug-likeness (QED) is 0.923. The van der Waals surface area contributed by atoms with E-state index in [2.05, 4.69) is 23.4 Å². The zero-order valence-corrected chi connectivity index (χ0v) is 13.1. The molecule has 2 aliphatic carbocycles. The van der Waals surface area contributed by atoms with Crippen molar-refractivity contribution in [2.75, 3.05) is 6.61 Å². The Bertz CT molecular complexity index is 750. The number of rotatable bonds is 2. The van der Waals surface area contributed by atoms with Crippen LogP contribution in [0.2, 0.25) is 0 Å². The van der Waals surface area contributed by atoms with Crippen molar-refractivity contribution in [1.29, 1.82) is 0 Å². The van der Waals surface area contributed by atoms with Crippen LogP contribution in [0.15, 0.2) is 28.8 Å². The van der Waals surface area contributed by atoms with Crippen molar-refractivity contribution in [3.63, 3.8) is 0 Å². The third kappa shape index (κ3) is 1.89. The Morgan fingerprint density at radius 2 is 1.96 bits per heavy atom. The second-order valence-electron chi connectivity index (χ2n) is 7.33. The molecule has 3 aliphatic rings. The molecule has 2 saturated carbocycles. The fraction of sp³-hybridized carbons (Fsp3) is 0.556. The van der Waals surface area contributed by atoms with Crippen molar-refractivity contribution in [3.05, 3.63) is 41.5 Å². The monoisotopic (exact) mass is 311 g/mol. The van der Waals surface area contributed by atoms with Crippen LogP contribution >= 0.6 is 0 Å². The largest absolute Gasteiger partial charge is 0.493 e. The predicted molar refractivity (Wildman–Crippen MR) is 84.2 cm³/mol. The van der Waals surface area contributed by atoms with Crippen LogP contribution in [0.1, 0.15) is 61.7 Å². The summed E-state index contributed by atoms with van der Waals surface area (Å²) in [6, 6.07) is 8.33. The molecule has 2 N–H and O–H groups in total. The van der Waals surface area contributed by atoms with E-state index >= 15 is 0 Å². The minimum atomic E-state index is -0.378. The van der Waals surface area contributed by atoms with Crippen LogP contribution in [0.5, 0.6) is 5.75 Å². The van der Waals surface area contributed by atoms with Crippen LogP contribution in [0.3, 0.4) is 0 Å². The molecule has 2 unspecified atom stereocenters. The smallest absolute Gasteiger partial charge is 0.230 e. The third-order valence-corrected chi connectivity index (χ3v) is 5.99.